The third-order valence-corrected chi connectivity index (χ3v) is 2.67. The smallest absolute Gasteiger partial charge is 0.207 e. The summed E-state index contributed by atoms with van der Waals surface area (Å²) in [6.07, 6.45) is 6.81. The molecular weight excluding hydrogens is 216 g/mol. The molecule has 0 saturated heterocycles. The molecule has 0 aliphatic heterocycles. The maximum atomic E-state index is 5.75. The second kappa shape index (κ2) is 3.51. The van der Waals surface area contributed by atoms with Gasteiger partial charge >= 0.3 is 0 Å². The fraction of sp³-hybridized carbons (Fsp3) is 0.0909. The summed E-state index contributed by atoms with van der Waals surface area (Å²) in [4.78, 5) is 8.21. The molecule has 3 heterocycles. The molecular formula is C11H10N6. The van der Waals surface area contributed by atoms with Gasteiger partial charge in [0, 0.05) is 24.2 Å². The summed E-state index contributed by atoms with van der Waals surface area (Å²) in [5.74, 6) is 0.375. The third kappa shape index (κ3) is 1.42. The number of nitrogens with two attached hydrogens (primary N) is 1. The Morgan fingerprint density at radius 3 is 2.94 bits per heavy atom. The monoisotopic (exact) mass is 226 g/mol. The van der Waals surface area contributed by atoms with Gasteiger partial charge in [0.05, 0.1) is 0 Å². The molecule has 0 atom stereocenters. The number of aromatic nitrogens is 5. The van der Waals surface area contributed by atoms with Crippen molar-refractivity contribution in [3.63, 3.8) is 0 Å². The molecule has 0 saturated carbocycles. The Hall–Kier alpha value is -2.50. The van der Waals surface area contributed by atoms with E-state index in [2.05, 4.69) is 20.2 Å². The molecule has 3 rings (SSSR count). The Bertz CT molecular complexity index is 687. The highest BCUT2D eigenvalue weighted by Gasteiger charge is 2.10. The second-order valence-electron chi connectivity index (χ2n) is 3.75. The van der Waals surface area contributed by atoms with Crippen LogP contribution in [0.15, 0.2) is 31.0 Å². The van der Waals surface area contributed by atoms with Crippen molar-refractivity contribution in [2.24, 2.45) is 0 Å². The van der Waals surface area contributed by atoms with Gasteiger partial charge in [-0.25, -0.2) is 4.98 Å². The minimum atomic E-state index is 0.375. The zero-order chi connectivity index (χ0) is 11.8. The van der Waals surface area contributed by atoms with Crippen molar-refractivity contribution in [1.29, 1.82) is 0 Å². The minimum Gasteiger partial charge on any atom is -0.369 e. The van der Waals surface area contributed by atoms with E-state index >= 15 is 0 Å². The molecule has 2 N–H and O–H groups in total. The van der Waals surface area contributed by atoms with Crippen LogP contribution in [-0.2, 0) is 0 Å². The number of nitrogens with zero attached hydrogens (tertiary/aromatic N) is 5. The average Bonchev–Trinajstić information content (AvgIpc) is 2.81. The summed E-state index contributed by atoms with van der Waals surface area (Å²) >= 11 is 0. The van der Waals surface area contributed by atoms with E-state index < -0.39 is 0 Å². The maximum absolute atomic E-state index is 5.75. The van der Waals surface area contributed by atoms with Crippen molar-refractivity contribution in [2.45, 2.75) is 6.92 Å². The zero-order valence-electron chi connectivity index (χ0n) is 9.20. The van der Waals surface area contributed by atoms with Crippen LogP contribution < -0.4 is 5.73 Å². The van der Waals surface area contributed by atoms with Gasteiger partial charge in [0.15, 0.2) is 5.65 Å². The SMILES string of the molecule is Cc1cnccc1-c1cnc(N)n2cnnc12. The Labute approximate surface area is 97.2 Å². The van der Waals surface area contributed by atoms with Crippen LogP contribution in [0.2, 0.25) is 0 Å². The molecule has 0 aromatic carbocycles. The standard InChI is InChI=1S/C11H10N6/c1-7-4-13-3-2-8(7)9-5-14-11(12)17-6-15-16-10(9)17/h2-6H,1H3,(H2,12,14). The number of hydrogen-bond acceptors (Lipinski definition) is 5. The van der Waals surface area contributed by atoms with Gasteiger partial charge < -0.3 is 5.73 Å². The summed E-state index contributed by atoms with van der Waals surface area (Å²) in [6.45, 7) is 1.99. The number of aryl methyl sites for hydroxylation is 1. The quantitative estimate of drug-likeness (QED) is 0.671. The lowest BCUT2D eigenvalue weighted by Gasteiger charge is -2.06. The molecule has 0 aliphatic rings. The van der Waals surface area contributed by atoms with Gasteiger partial charge in [-0.1, -0.05) is 0 Å². The van der Waals surface area contributed by atoms with E-state index in [-0.39, 0.29) is 0 Å². The summed E-state index contributed by atoms with van der Waals surface area (Å²) in [6, 6.07) is 1.93. The highest BCUT2D eigenvalue weighted by Crippen LogP contribution is 2.25. The second-order valence-corrected chi connectivity index (χ2v) is 3.75. The molecule has 17 heavy (non-hydrogen) atoms. The van der Waals surface area contributed by atoms with E-state index in [4.69, 9.17) is 5.73 Å². The van der Waals surface area contributed by atoms with Crippen LogP contribution in [0.5, 0.6) is 0 Å². The van der Waals surface area contributed by atoms with Gasteiger partial charge in [0.2, 0.25) is 5.95 Å². The first kappa shape index (κ1) is 9.71. The lowest BCUT2D eigenvalue weighted by Crippen LogP contribution is -2.01. The van der Waals surface area contributed by atoms with Crippen molar-refractivity contribution in [3.05, 3.63) is 36.5 Å². The van der Waals surface area contributed by atoms with Crippen molar-refractivity contribution in [2.75, 3.05) is 5.73 Å². The fourth-order valence-electron chi connectivity index (χ4n) is 1.80. The molecule has 0 spiro atoms. The predicted octanol–water partition coefficient (Wildman–Crippen LogP) is 1.08. The van der Waals surface area contributed by atoms with E-state index in [1.165, 1.54) is 0 Å². The first-order valence-corrected chi connectivity index (χ1v) is 5.12. The van der Waals surface area contributed by atoms with Crippen LogP contribution in [0, 0.1) is 6.92 Å². The van der Waals surface area contributed by atoms with Crippen LogP contribution in [0.3, 0.4) is 0 Å². The Morgan fingerprint density at radius 1 is 1.24 bits per heavy atom. The van der Waals surface area contributed by atoms with E-state index in [9.17, 15) is 0 Å². The molecule has 6 nitrogen and oxygen atoms in total. The van der Waals surface area contributed by atoms with Gasteiger partial charge in [0.25, 0.3) is 0 Å². The first-order chi connectivity index (χ1) is 8.27. The zero-order valence-corrected chi connectivity index (χ0v) is 9.20. The van der Waals surface area contributed by atoms with Crippen LogP contribution in [0.1, 0.15) is 5.56 Å². The predicted molar refractivity (Wildman–Crippen MR) is 63.2 cm³/mol. The van der Waals surface area contributed by atoms with Crippen molar-refractivity contribution in [1.82, 2.24) is 24.6 Å². The molecule has 0 fully saturated rings. The van der Waals surface area contributed by atoms with Crippen LogP contribution in [0.25, 0.3) is 16.8 Å². The molecule has 0 unspecified atom stereocenters. The Balaban J connectivity index is 2.35. The summed E-state index contributed by atoms with van der Waals surface area (Å²) < 4.78 is 1.66. The number of rotatable bonds is 1. The van der Waals surface area contributed by atoms with Gasteiger partial charge in [-0.05, 0) is 24.1 Å². The van der Waals surface area contributed by atoms with Gasteiger partial charge in [-0.15, -0.1) is 10.2 Å². The molecule has 0 bridgehead atoms. The normalized spacial score (nSPS) is 10.9. The number of pyridine rings is 1. The summed E-state index contributed by atoms with van der Waals surface area (Å²) in [5, 5.41) is 7.92. The molecule has 0 amide bonds. The van der Waals surface area contributed by atoms with E-state index in [1.54, 1.807) is 29.3 Å². The highest BCUT2D eigenvalue weighted by atomic mass is 15.3. The fourth-order valence-corrected chi connectivity index (χ4v) is 1.80. The topological polar surface area (TPSA) is 82.0 Å². The largest absolute Gasteiger partial charge is 0.369 e. The number of fused-ring (bicyclic) bond motifs is 1. The van der Waals surface area contributed by atoms with Crippen LogP contribution in [0.4, 0.5) is 5.95 Å². The minimum absolute atomic E-state index is 0.375. The number of nitrogen functional groups attached to an aromatic ring is 1. The first-order valence-electron chi connectivity index (χ1n) is 5.12. The summed E-state index contributed by atoms with van der Waals surface area (Å²) in [7, 11) is 0. The van der Waals surface area contributed by atoms with E-state index in [0.717, 1.165) is 16.7 Å². The molecule has 0 radical (unpaired) electrons. The van der Waals surface area contributed by atoms with Crippen LogP contribution >= 0.6 is 0 Å². The molecule has 0 aliphatic carbocycles. The molecule has 3 aromatic rings. The van der Waals surface area contributed by atoms with E-state index in [1.807, 2.05) is 13.0 Å². The average molecular weight is 226 g/mol. The van der Waals surface area contributed by atoms with Gasteiger partial charge in [-0.3, -0.25) is 9.38 Å². The van der Waals surface area contributed by atoms with Crippen LogP contribution in [-0.4, -0.2) is 24.6 Å². The lowest BCUT2D eigenvalue weighted by atomic mass is 10.1. The molecule has 3 aromatic heterocycles. The highest BCUT2D eigenvalue weighted by molar-refractivity contribution is 5.79. The lowest BCUT2D eigenvalue weighted by molar-refractivity contribution is 1.08. The number of hydrogen-bond donors (Lipinski definition) is 1. The Morgan fingerprint density at radius 2 is 2.12 bits per heavy atom. The molecule has 6 heteroatoms. The number of anilines is 1. The van der Waals surface area contributed by atoms with E-state index in [0.29, 0.717) is 11.6 Å². The maximum Gasteiger partial charge on any atom is 0.207 e. The van der Waals surface area contributed by atoms with Crippen molar-refractivity contribution in [3.8, 4) is 11.1 Å². The molecule has 84 valence electrons. The van der Waals surface area contributed by atoms with Gasteiger partial charge in [-0.2, -0.15) is 0 Å². The van der Waals surface area contributed by atoms with Crippen molar-refractivity contribution >= 4 is 11.6 Å². The Kier molecular flexibility index (Phi) is 2.01. The van der Waals surface area contributed by atoms with Gasteiger partial charge in [0.1, 0.15) is 6.33 Å². The summed E-state index contributed by atoms with van der Waals surface area (Å²) in [5.41, 5.74) is 9.44. The third-order valence-electron chi connectivity index (χ3n) is 2.67. The van der Waals surface area contributed by atoms with Crippen molar-refractivity contribution < 1.29 is 0 Å².